The normalized spacial score (nSPS) is 13.9. The van der Waals surface area contributed by atoms with Crippen molar-refractivity contribution in [2.75, 3.05) is 0 Å². The van der Waals surface area contributed by atoms with E-state index in [0.29, 0.717) is 0 Å². The molecule has 0 aliphatic rings. The van der Waals surface area contributed by atoms with E-state index in [9.17, 15) is 21.8 Å². The first-order valence-corrected chi connectivity index (χ1v) is 13.5. The first-order chi connectivity index (χ1) is 15.9. The van der Waals surface area contributed by atoms with Crippen molar-refractivity contribution in [1.82, 2.24) is 8.54 Å². The summed E-state index contributed by atoms with van der Waals surface area (Å²) in [6.07, 6.45) is 2.69. The van der Waals surface area contributed by atoms with Crippen molar-refractivity contribution < 1.29 is 17.0 Å². The van der Waals surface area contributed by atoms with Crippen LogP contribution in [-0.2, 0) is 26.8 Å². The Kier molecular flexibility index (Phi) is 5.77. The highest BCUT2D eigenvalue weighted by molar-refractivity contribution is 7.93. The molecule has 7 nitrogen and oxygen atoms in total. The molecule has 0 fully saturated rings. The molecule has 178 valence electrons. The number of nitrogens with zero attached hydrogens (tertiary/aromatic N) is 2. The van der Waals surface area contributed by atoms with Crippen LogP contribution in [-0.4, -0.2) is 26.4 Å². The van der Waals surface area contributed by atoms with Crippen LogP contribution in [0.1, 0.15) is 19.4 Å². The van der Waals surface area contributed by atoms with Crippen LogP contribution in [0.5, 0.6) is 0 Å². The van der Waals surface area contributed by atoms with Gasteiger partial charge in [-0.05, 0) is 57.2 Å². The third-order valence-corrected chi connectivity index (χ3v) is 9.78. The first-order valence-electron chi connectivity index (χ1n) is 10.5. The van der Waals surface area contributed by atoms with Crippen LogP contribution in [0.2, 0.25) is 0 Å². The molecule has 1 N–H and O–H groups in total. The molecule has 0 spiro atoms. The van der Waals surface area contributed by atoms with Gasteiger partial charge in [-0.25, -0.2) is 25.8 Å². The van der Waals surface area contributed by atoms with Gasteiger partial charge in [-0.2, -0.15) is 0 Å². The molecular weight excluding hydrogens is 477 g/mol. The average Bonchev–Trinajstić information content (AvgIpc) is 3.23. The van der Waals surface area contributed by atoms with Crippen molar-refractivity contribution >= 4 is 30.7 Å². The summed E-state index contributed by atoms with van der Waals surface area (Å²) < 4.78 is 64.9. The number of hydrogen-bond donors (Lipinski definition) is 1. The Labute approximate surface area is 197 Å². The summed E-state index contributed by atoms with van der Waals surface area (Å²) in [5, 5.41) is -0.262. The van der Waals surface area contributed by atoms with Crippen molar-refractivity contribution in [1.29, 1.82) is 4.78 Å². The lowest BCUT2D eigenvalue weighted by Gasteiger charge is -2.15. The number of nitrogens with one attached hydrogen (secondary N) is 1. The van der Waals surface area contributed by atoms with E-state index in [4.69, 9.17) is 4.78 Å². The van der Waals surface area contributed by atoms with E-state index in [1.165, 1.54) is 54.3 Å². The molecule has 4 aromatic rings. The number of aromatic nitrogens is 2. The van der Waals surface area contributed by atoms with Gasteiger partial charge in [-0.3, -0.25) is 4.79 Å². The largest absolute Gasteiger partial charge is 0.316 e. The Morgan fingerprint density at radius 2 is 1.56 bits per heavy atom. The van der Waals surface area contributed by atoms with Crippen molar-refractivity contribution in [3.8, 4) is 11.1 Å². The highest BCUT2D eigenvalue weighted by Gasteiger charge is 2.24. The van der Waals surface area contributed by atoms with E-state index in [2.05, 4.69) is 0 Å². The lowest BCUT2D eigenvalue weighted by Crippen LogP contribution is -2.22. The van der Waals surface area contributed by atoms with E-state index in [-0.39, 0.29) is 31.8 Å². The summed E-state index contributed by atoms with van der Waals surface area (Å²) in [4.78, 5) is 13.2. The number of pyridine rings is 1. The molecule has 0 saturated heterocycles. The predicted molar refractivity (Wildman–Crippen MR) is 131 cm³/mol. The minimum Gasteiger partial charge on any atom is -0.316 e. The number of rotatable bonds is 5. The second-order valence-corrected chi connectivity index (χ2v) is 12.9. The predicted octanol–water partition coefficient (Wildman–Crippen LogP) is 4.51. The van der Waals surface area contributed by atoms with Gasteiger partial charge in [0.2, 0.25) is 0 Å². The standard InChI is InChI=1S/C24H24FN3O4S2/c1-15(2)33(26,30)18-9-10-22(25)20(13-18)21-14-27(4)24(29)23-19(21)11-12-28(23)34(31,32)17-7-5-16(3)6-8-17/h5-15,26H,1-4H3. The highest BCUT2D eigenvalue weighted by atomic mass is 32.2. The zero-order valence-corrected chi connectivity index (χ0v) is 20.7. The summed E-state index contributed by atoms with van der Waals surface area (Å²) >= 11 is 0. The Hall–Kier alpha value is -3.24. The van der Waals surface area contributed by atoms with Crippen LogP contribution >= 0.6 is 0 Å². The molecule has 1 unspecified atom stereocenters. The number of fused-ring (bicyclic) bond motifs is 1. The molecule has 0 bridgehead atoms. The molecular formula is C24H24FN3O4S2. The summed E-state index contributed by atoms with van der Waals surface area (Å²) in [6, 6.07) is 11.5. The third kappa shape index (κ3) is 3.76. The van der Waals surface area contributed by atoms with Gasteiger partial charge < -0.3 is 4.57 Å². The molecule has 2 heterocycles. The Bertz CT molecular complexity index is 1700. The average molecular weight is 502 g/mol. The van der Waals surface area contributed by atoms with E-state index >= 15 is 0 Å². The fourth-order valence-electron chi connectivity index (χ4n) is 3.74. The molecule has 1 atom stereocenters. The van der Waals surface area contributed by atoms with Crippen molar-refractivity contribution in [3.63, 3.8) is 0 Å². The lowest BCUT2D eigenvalue weighted by atomic mass is 10.0. The SMILES string of the molecule is Cc1ccc(S(=O)(=O)n2ccc3c(-c4cc(S(=N)(=O)C(C)C)ccc4F)cn(C)c(=O)c32)cc1. The van der Waals surface area contributed by atoms with Gasteiger partial charge in [-0.15, -0.1) is 0 Å². The maximum atomic E-state index is 15.0. The fraction of sp³-hybridized carbons (Fsp3) is 0.208. The van der Waals surface area contributed by atoms with E-state index in [1.54, 1.807) is 26.0 Å². The first kappa shape index (κ1) is 23.9. The summed E-state index contributed by atoms with van der Waals surface area (Å²) in [7, 11) is -5.84. The molecule has 0 aliphatic heterocycles. The van der Waals surface area contributed by atoms with E-state index < -0.39 is 36.4 Å². The zero-order valence-electron chi connectivity index (χ0n) is 19.1. The van der Waals surface area contributed by atoms with E-state index in [1.807, 2.05) is 6.92 Å². The van der Waals surface area contributed by atoms with Gasteiger partial charge in [0.05, 0.1) is 14.6 Å². The van der Waals surface area contributed by atoms with Gasteiger partial charge >= 0.3 is 0 Å². The van der Waals surface area contributed by atoms with E-state index in [0.717, 1.165) is 15.6 Å². The van der Waals surface area contributed by atoms with Gasteiger partial charge in [0.1, 0.15) is 11.3 Å². The monoisotopic (exact) mass is 501 g/mol. The Morgan fingerprint density at radius 1 is 0.941 bits per heavy atom. The third-order valence-electron chi connectivity index (χ3n) is 5.81. The topological polar surface area (TPSA) is 102 Å². The molecule has 0 amide bonds. The molecule has 2 aromatic heterocycles. The number of benzene rings is 2. The van der Waals surface area contributed by atoms with Gasteiger partial charge in [0, 0.05) is 46.1 Å². The smallest absolute Gasteiger partial charge is 0.275 e. The summed E-state index contributed by atoms with van der Waals surface area (Å²) in [5.41, 5.74) is 0.484. The van der Waals surface area contributed by atoms with Crippen LogP contribution in [0.25, 0.3) is 22.0 Å². The fourth-order valence-corrected chi connectivity index (χ4v) is 6.19. The number of aryl methyl sites for hydroxylation is 2. The molecule has 0 radical (unpaired) electrons. The van der Waals surface area contributed by atoms with Crippen molar-refractivity contribution in [3.05, 3.63) is 82.7 Å². The van der Waals surface area contributed by atoms with Crippen molar-refractivity contribution in [2.24, 2.45) is 7.05 Å². The molecule has 2 aromatic carbocycles. The maximum Gasteiger partial charge on any atom is 0.275 e. The molecule has 34 heavy (non-hydrogen) atoms. The minimum absolute atomic E-state index is 0.0158. The van der Waals surface area contributed by atoms with Crippen LogP contribution in [0.3, 0.4) is 0 Å². The molecule has 10 heteroatoms. The number of halogens is 1. The van der Waals surface area contributed by atoms with Gasteiger partial charge in [-0.1, -0.05) is 17.7 Å². The summed E-state index contributed by atoms with van der Waals surface area (Å²) in [5.74, 6) is -0.642. The van der Waals surface area contributed by atoms with Crippen LogP contribution in [0, 0.1) is 17.5 Å². The van der Waals surface area contributed by atoms with Crippen LogP contribution in [0.15, 0.2) is 75.5 Å². The quantitative estimate of drug-likeness (QED) is 0.435. The second kappa shape index (κ2) is 8.21. The summed E-state index contributed by atoms with van der Waals surface area (Å²) in [6.45, 7) is 5.14. The van der Waals surface area contributed by atoms with Gasteiger partial charge in [0.15, 0.2) is 0 Å². The maximum absolute atomic E-state index is 15.0. The Morgan fingerprint density at radius 3 is 2.18 bits per heavy atom. The number of hydrogen-bond acceptors (Lipinski definition) is 5. The highest BCUT2D eigenvalue weighted by Crippen LogP contribution is 2.33. The van der Waals surface area contributed by atoms with Crippen LogP contribution in [0.4, 0.5) is 4.39 Å². The minimum atomic E-state index is -4.10. The van der Waals surface area contributed by atoms with Gasteiger partial charge in [0.25, 0.3) is 15.6 Å². The van der Waals surface area contributed by atoms with Crippen molar-refractivity contribution in [2.45, 2.75) is 35.8 Å². The molecule has 0 saturated carbocycles. The molecule has 4 rings (SSSR count). The molecule has 0 aliphatic carbocycles. The second-order valence-electron chi connectivity index (χ2n) is 8.44. The Balaban J connectivity index is 2.02. The lowest BCUT2D eigenvalue weighted by molar-refractivity contribution is 0.589. The zero-order chi connectivity index (χ0) is 25.0. The van der Waals surface area contributed by atoms with Crippen LogP contribution < -0.4 is 5.56 Å².